The van der Waals surface area contributed by atoms with Gasteiger partial charge in [-0.2, -0.15) is 4.98 Å². The molecule has 2 saturated heterocycles. The van der Waals surface area contributed by atoms with E-state index in [0.717, 1.165) is 56.2 Å². The number of hydrogen-bond donors (Lipinski definition) is 1. The first kappa shape index (κ1) is 22.4. The molecule has 2 aliphatic rings. The predicted octanol–water partition coefficient (Wildman–Crippen LogP) is 2.13. The molecule has 3 heterocycles. The number of guanidine groups is 1. The van der Waals surface area contributed by atoms with Crippen molar-refractivity contribution in [2.45, 2.75) is 25.4 Å². The van der Waals surface area contributed by atoms with Gasteiger partial charge in [0.2, 0.25) is 11.8 Å². The summed E-state index contributed by atoms with van der Waals surface area (Å²) in [5, 5.41) is 3.47. The van der Waals surface area contributed by atoms with Crippen LogP contribution in [0.25, 0.3) is 0 Å². The number of anilines is 1. The van der Waals surface area contributed by atoms with Crippen molar-refractivity contribution in [3.63, 3.8) is 0 Å². The molecule has 10 heteroatoms. The fraction of sp³-hybridized carbons (Fsp3) is 0.706. The van der Waals surface area contributed by atoms with Crippen molar-refractivity contribution in [2.24, 2.45) is 4.99 Å². The molecule has 1 unspecified atom stereocenters. The van der Waals surface area contributed by atoms with Crippen molar-refractivity contribution < 1.29 is 9.47 Å². The van der Waals surface area contributed by atoms with E-state index in [1.54, 1.807) is 13.3 Å². The molecule has 1 atom stereocenters. The van der Waals surface area contributed by atoms with E-state index in [1.807, 2.05) is 7.05 Å². The van der Waals surface area contributed by atoms with Crippen LogP contribution in [0.15, 0.2) is 15.7 Å². The van der Waals surface area contributed by atoms with E-state index < -0.39 is 0 Å². The summed E-state index contributed by atoms with van der Waals surface area (Å²) in [4.78, 5) is 17.7. The first-order chi connectivity index (χ1) is 12.7. The predicted molar refractivity (Wildman–Crippen MR) is 120 cm³/mol. The first-order valence-electron chi connectivity index (χ1n) is 9.10. The summed E-state index contributed by atoms with van der Waals surface area (Å²) in [6, 6.07) is 0. The topological polar surface area (TPSA) is 75.1 Å². The second kappa shape index (κ2) is 11.2. The molecule has 0 spiro atoms. The molecule has 0 amide bonds. The maximum absolute atomic E-state index is 5.68. The summed E-state index contributed by atoms with van der Waals surface area (Å²) in [6.07, 6.45) is 5.53. The zero-order chi connectivity index (χ0) is 18.4. The Morgan fingerprint density at radius 3 is 2.81 bits per heavy atom. The number of piperazine rings is 1. The molecule has 1 aromatic heterocycles. The Labute approximate surface area is 186 Å². The highest BCUT2D eigenvalue weighted by Gasteiger charge is 2.22. The van der Waals surface area contributed by atoms with Gasteiger partial charge >= 0.3 is 0 Å². The van der Waals surface area contributed by atoms with Gasteiger partial charge in [-0.3, -0.25) is 4.99 Å². The molecule has 0 radical (unpaired) electrons. The molecule has 1 N–H and O–H groups in total. The average molecular weight is 555 g/mol. The number of rotatable bonds is 5. The first-order valence-corrected chi connectivity index (χ1v) is 9.89. The number of aliphatic imine (C=N–C) groups is 1. The maximum Gasteiger partial charge on any atom is 0.232 e. The highest BCUT2D eigenvalue weighted by molar-refractivity contribution is 14.0. The lowest BCUT2D eigenvalue weighted by Crippen LogP contribution is -2.53. The third-order valence-corrected chi connectivity index (χ3v) is 5.28. The molecule has 8 nitrogen and oxygen atoms in total. The van der Waals surface area contributed by atoms with Gasteiger partial charge in [-0.05, 0) is 35.2 Å². The van der Waals surface area contributed by atoms with Crippen molar-refractivity contribution >= 4 is 51.8 Å². The Balaban J connectivity index is 0.00000261. The Morgan fingerprint density at radius 1 is 1.41 bits per heavy atom. The van der Waals surface area contributed by atoms with Crippen LogP contribution in [-0.4, -0.2) is 80.4 Å². The van der Waals surface area contributed by atoms with Crippen LogP contribution in [0.2, 0.25) is 0 Å². The number of ether oxygens (including phenoxy) is 2. The van der Waals surface area contributed by atoms with Gasteiger partial charge in [0, 0.05) is 46.4 Å². The van der Waals surface area contributed by atoms with Gasteiger partial charge in [0.15, 0.2) is 5.96 Å². The van der Waals surface area contributed by atoms with Crippen LogP contribution < -0.4 is 15.0 Å². The number of nitrogens with zero attached hydrogens (tertiary/aromatic N) is 5. The van der Waals surface area contributed by atoms with Crippen LogP contribution in [0.3, 0.4) is 0 Å². The largest absolute Gasteiger partial charge is 0.480 e. The summed E-state index contributed by atoms with van der Waals surface area (Å²) in [7, 11) is 3.45. The molecule has 0 aromatic carbocycles. The molecule has 3 rings (SSSR count). The minimum absolute atomic E-state index is 0. The molecule has 0 bridgehead atoms. The Morgan fingerprint density at radius 2 is 2.19 bits per heavy atom. The zero-order valence-corrected chi connectivity index (χ0v) is 19.8. The van der Waals surface area contributed by atoms with Crippen LogP contribution in [0.1, 0.15) is 19.3 Å². The van der Waals surface area contributed by atoms with Gasteiger partial charge in [-0.15, -0.1) is 24.0 Å². The SMILES string of the molecule is CN=C(NCCC1CCCO1)N1CCN(c2ncc(Br)c(OC)n2)CC1.I. The summed E-state index contributed by atoms with van der Waals surface area (Å²) in [5.74, 6) is 2.21. The van der Waals surface area contributed by atoms with Crippen molar-refractivity contribution in [2.75, 3.05) is 58.4 Å². The number of nitrogens with one attached hydrogen (secondary N) is 1. The van der Waals surface area contributed by atoms with Gasteiger partial charge in [-0.25, -0.2) is 4.98 Å². The van der Waals surface area contributed by atoms with E-state index in [2.05, 4.69) is 46.0 Å². The monoisotopic (exact) mass is 554 g/mol. The van der Waals surface area contributed by atoms with Crippen LogP contribution in [0.5, 0.6) is 5.88 Å². The molecule has 152 valence electrons. The van der Waals surface area contributed by atoms with Crippen molar-refractivity contribution in [1.29, 1.82) is 0 Å². The van der Waals surface area contributed by atoms with Crippen molar-refractivity contribution in [1.82, 2.24) is 20.2 Å². The van der Waals surface area contributed by atoms with Crippen LogP contribution in [0, 0.1) is 0 Å². The lowest BCUT2D eigenvalue weighted by Gasteiger charge is -2.36. The molecule has 2 aliphatic heterocycles. The quantitative estimate of drug-likeness (QED) is 0.339. The van der Waals surface area contributed by atoms with Gasteiger partial charge < -0.3 is 24.6 Å². The minimum Gasteiger partial charge on any atom is -0.480 e. The molecular formula is C17H28BrIN6O2. The normalized spacial score (nSPS) is 20.4. The highest BCUT2D eigenvalue weighted by Crippen LogP contribution is 2.23. The fourth-order valence-corrected chi connectivity index (χ4v) is 3.66. The van der Waals surface area contributed by atoms with Crippen LogP contribution in [0.4, 0.5) is 5.95 Å². The Hall–Kier alpha value is -0.880. The summed E-state index contributed by atoms with van der Waals surface area (Å²) < 4.78 is 11.7. The van der Waals surface area contributed by atoms with E-state index in [4.69, 9.17) is 9.47 Å². The molecule has 27 heavy (non-hydrogen) atoms. The maximum atomic E-state index is 5.68. The Kier molecular flexibility index (Phi) is 9.30. The van der Waals surface area contributed by atoms with E-state index in [-0.39, 0.29) is 24.0 Å². The molecule has 0 aliphatic carbocycles. The van der Waals surface area contributed by atoms with E-state index in [0.29, 0.717) is 17.9 Å². The molecule has 0 saturated carbocycles. The second-order valence-electron chi connectivity index (χ2n) is 6.40. The highest BCUT2D eigenvalue weighted by atomic mass is 127. The van der Waals surface area contributed by atoms with Crippen molar-refractivity contribution in [3.05, 3.63) is 10.7 Å². The fourth-order valence-electron chi connectivity index (χ4n) is 3.31. The number of aromatic nitrogens is 2. The third kappa shape index (κ3) is 6.05. The van der Waals surface area contributed by atoms with E-state index in [9.17, 15) is 0 Å². The van der Waals surface area contributed by atoms with Gasteiger partial charge in [0.25, 0.3) is 0 Å². The van der Waals surface area contributed by atoms with Crippen LogP contribution >= 0.6 is 39.9 Å². The molecule has 1 aromatic rings. The standard InChI is InChI=1S/C17H27BrN6O2.HI/c1-19-16(20-6-5-13-4-3-11-26-13)23-7-9-24(10-8-23)17-21-12-14(18)15(22-17)25-2;/h12-13H,3-11H2,1-2H3,(H,19,20);1H. The lowest BCUT2D eigenvalue weighted by molar-refractivity contribution is 0.105. The summed E-state index contributed by atoms with van der Waals surface area (Å²) >= 11 is 3.39. The number of halogens is 2. The number of methoxy groups -OCH3 is 1. The third-order valence-electron chi connectivity index (χ3n) is 4.74. The van der Waals surface area contributed by atoms with Gasteiger partial charge in [-0.1, -0.05) is 0 Å². The van der Waals surface area contributed by atoms with E-state index in [1.165, 1.54) is 12.8 Å². The summed E-state index contributed by atoms with van der Waals surface area (Å²) in [5.41, 5.74) is 0. The Bertz CT molecular complexity index is 621. The summed E-state index contributed by atoms with van der Waals surface area (Å²) in [6.45, 7) is 5.24. The smallest absolute Gasteiger partial charge is 0.232 e. The zero-order valence-electron chi connectivity index (χ0n) is 15.9. The van der Waals surface area contributed by atoms with Gasteiger partial charge in [0.1, 0.15) is 0 Å². The van der Waals surface area contributed by atoms with Crippen molar-refractivity contribution in [3.8, 4) is 5.88 Å². The molecular weight excluding hydrogens is 527 g/mol. The van der Waals surface area contributed by atoms with Gasteiger partial charge in [0.05, 0.1) is 23.9 Å². The van der Waals surface area contributed by atoms with E-state index >= 15 is 0 Å². The number of hydrogen-bond acceptors (Lipinski definition) is 6. The second-order valence-corrected chi connectivity index (χ2v) is 7.25. The molecule has 2 fully saturated rings. The minimum atomic E-state index is 0. The van der Waals surface area contributed by atoms with Crippen LogP contribution in [-0.2, 0) is 4.74 Å². The average Bonchev–Trinajstić information content (AvgIpc) is 3.19. The lowest BCUT2D eigenvalue weighted by atomic mass is 10.2.